The molecule has 2 aromatic heterocycles. The summed E-state index contributed by atoms with van der Waals surface area (Å²) in [6.07, 6.45) is 3.32. The first-order valence-electron chi connectivity index (χ1n) is 8.08. The molecule has 25 heavy (non-hydrogen) atoms. The van der Waals surface area contributed by atoms with Crippen LogP contribution in [-0.4, -0.2) is 16.0 Å². The van der Waals surface area contributed by atoms with Crippen molar-refractivity contribution in [2.75, 3.05) is 0 Å². The fourth-order valence-electron chi connectivity index (χ4n) is 2.35. The van der Waals surface area contributed by atoms with Gasteiger partial charge in [-0.2, -0.15) is 4.98 Å². The molecule has 2 heterocycles. The van der Waals surface area contributed by atoms with E-state index < -0.39 is 0 Å². The van der Waals surface area contributed by atoms with Gasteiger partial charge in [0.1, 0.15) is 5.82 Å². The van der Waals surface area contributed by atoms with E-state index in [-0.39, 0.29) is 18.3 Å². The van der Waals surface area contributed by atoms with Gasteiger partial charge in [0.15, 0.2) is 0 Å². The number of hydrogen-bond donors (Lipinski definition) is 1. The second-order valence-corrected chi connectivity index (χ2v) is 6.61. The lowest BCUT2D eigenvalue weighted by atomic mass is 10.1. The summed E-state index contributed by atoms with van der Waals surface area (Å²) in [5, 5.41) is 8.68. The van der Waals surface area contributed by atoms with Crippen LogP contribution in [-0.2, 0) is 17.8 Å². The lowest BCUT2D eigenvalue weighted by Gasteiger charge is -2.02. The predicted molar refractivity (Wildman–Crippen MR) is 93.4 cm³/mol. The molecule has 0 radical (unpaired) electrons. The van der Waals surface area contributed by atoms with Crippen molar-refractivity contribution in [2.24, 2.45) is 0 Å². The molecule has 0 saturated carbocycles. The average Bonchev–Trinajstić information content (AvgIpc) is 3.29. The van der Waals surface area contributed by atoms with Gasteiger partial charge >= 0.3 is 0 Å². The highest BCUT2D eigenvalue weighted by Crippen LogP contribution is 2.16. The third-order valence-corrected chi connectivity index (χ3v) is 4.60. The standard InChI is InChI=1S/C18H18FN3O2S/c19-14-9-7-13(8-10-14)18-21-17(24-22-18)12-20-16(23)6-2-1-4-15-5-3-11-25-15/h3,5,7-11H,1-2,4,6,12H2,(H,20,23). The van der Waals surface area contributed by atoms with Gasteiger partial charge in [-0.1, -0.05) is 11.2 Å². The molecule has 1 aromatic carbocycles. The molecule has 0 aliphatic heterocycles. The molecule has 5 nitrogen and oxygen atoms in total. The maximum Gasteiger partial charge on any atom is 0.246 e. The first-order chi connectivity index (χ1) is 12.2. The molecule has 1 amide bonds. The molecule has 0 saturated heterocycles. The number of hydrogen-bond acceptors (Lipinski definition) is 5. The fraction of sp³-hybridized carbons (Fsp3) is 0.278. The van der Waals surface area contributed by atoms with E-state index in [9.17, 15) is 9.18 Å². The van der Waals surface area contributed by atoms with Gasteiger partial charge in [-0.15, -0.1) is 11.3 Å². The minimum absolute atomic E-state index is 0.0345. The van der Waals surface area contributed by atoms with Crippen LogP contribution in [0.1, 0.15) is 30.0 Å². The molecule has 0 aliphatic carbocycles. The minimum Gasteiger partial charge on any atom is -0.347 e. The second-order valence-electron chi connectivity index (χ2n) is 5.58. The topological polar surface area (TPSA) is 68.0 Å². The van der Waals surface area contributed by atoms with E-state index in [1.165, 1.54) is 17.0 Å². The Bertz CT molecular complexity index is 800. The van der Waals surface area contributed by atoms with Crippen LogP contribution in [0.4, 0.5) is 4.39 Å². The summed E-state index contributed by atoms with van der Waals surface area (Å²) in [5.74, 6) is 0.345. The van der Waals surface area contributed by atoms with E-state index in [0.29, 0.717) is 23.7 Å². The quantitative estimate of drug-likeness (QED) is 0.618. The summed E-state index contributed by atoms with van der Waals surface area (Å²) < 4.78 is 18.0. The lowest BCUT2D eigenvalue weighted by Crippen LogP contribution is -2.22. The van der Waals surface area contributed by atoms with Crippen LogP contribution in [0.3, 0.4) is 0 Å². The Morgan fingerprint density at radius 1 is 1.20 bits per heavy atom. The monoisotopic (exact) mass is 359 g/mol. The van der Waals surface area contributed by atoms with Crippen LogP contribution in [0.15, 0.2) is 46.3 Å². The van der Waals surface area contributed by atoms with E-state index in [4.69, 9.17) is 4.52 Å². The molecule has 0 atom stereocenters. The van der Waals surface area contributed by atoms with E-state index in [0.717, 1.165) is 19.3 Å². The molecule has 7 heteroatoms. The molecule has 1 N–H and O–H groups in total. The largest absolute Gasteiger partial charge is 0.347 e. The molecule has 130 valence electrons. The predicted octanol–water partition coefficient (Wildman–Crippen LogP) is 3.97. The van der Waals surface area contributed by atoms with Crippen LogP contribution in [0.25, 0.3) is 11.4 Å². The van der Waals surface area contributed by atoms with Crippen LogP contribution >= 0.6 is 11.3 Å². The molecule has 0 unspecified atom stereocenters. The van der Waals surface area contributed by atoms with Crippen LogP contribution in [0.2, 0.25) is 0 Å². The van der Waals surface area contributed by atoms with Crippen LogP contribution in [0, 0.1) is 5.82 Å². The van der Waals surface area contributed by atoms with Crippen molar-refractivity contribution in [1.29, 1.82) is 0 Å². The molecular formula is C18H18FN3O2S. The average molecular weight is 359 g/mol. The zero-order valence-corrected chi connectivity index (χ0v) is 14.4. The summed E-state index contributed by atoms with van der Waals surface area (Å²) in [6.45, 7) is 0.192. The van der Waals surface area contributed by atoms with E-state index in [2.05, 4.69) is 26.9 Å². The molecule has 0 spiro atoms. The third kappa shape index (κ3) is 5.22. The van der Waals surface area contributed by atoms with Gasteiger partial charge in [-0.25, -0.2) is 4.39 Å². The van der Waals surface area contributed by atoms with Gasteiger partial charge < -0.3 is 9.84 Å². The number of amides is 1. The van der Waals surface area contributed by atoms with Crippen molar-refractivity contribution in [3.05, 3.63) is 58.4 Å². The normalized spacial score (nSPS) is 10.8. The SMILES string of the molecule is O=C(CCCCc1cccs1)NCc1nc(-c2ccc(F)cc2)no1. The first kappa shape index (κ1) is 17.3. The number of halogens is 1. The lowest BCUT2D eigenvalue weighted by molar-refractivity contribution is -0.121. The number of nitrogens with one attached hydrogen (secondary N) is 1. The van der Waals surface area contributed by atoms with Crippen LogP contribution in [0.5, 0.6) is 0 Å². The Kier molecular flexibility index (Phi) is 5.90. The fourth-order valence-corrected chi connectivity index (χ4v) is 3.10. The highest BCUT2D eigenvalue weighted by Gasteiger charge is 2.10. The van der Waals surface area contributed by atoms with Crippen molar-refractivity contribution < 1.29 is 13.7 Å². The Labute approximate surface area is 148 Å². The Morgan fingerprint density at radius 3 is 2.80 bits per heavy atom. The molecular weight excluding hydrogens is 341 g/mol. The molecule has 3 aromatic rings. The maximum atomic E-state index is 12.9. The zero-order chi connectivity index (χ0) is 17.5. The number of aromatic nitrogens is 2. The number of rotatable bonds is 8. The third-order valence-electron chi connectivity index (χ3n) is 3.66. The summed E-state index contributed by atoms with van der Waals surface area (Å²) >= 11 is 1.74. The Balaban J connectivity index is 1.39. The number of unbranched alkanes of at least 4 members (excludes halogenated alkanes) is 1. The number of benzene rings is 1. The number of carbonyl (C=O) groups excluding carboxylic acids is 1. The molecule has 3 rings (SSSR count). The summed E-state index contributed by atoms with van der Waals surface area (Å²) in [7, 11) is 0. The number of nitrogens with zero attached hydrogens (tertiary/aromatic N) is 2. The first-order valence-corrected chi connectivity index (χ1v) is 8.96. The maximum absolute atomic E-state index is 12.9. The summed E-state index contributed by atoms with van der Waals surface area (Å²) in [4.78, 5) is 17.4. The van der Waals surface area contributed by atoms with Crippen molar-refractivity contribution in [2.45, 2.75) is 32.2 Å². The summed E-state index contributed by atoms with van der Waals surface area (Å²) in [5.41, 5.74) is 0.663. The van der Waals surface area contributed by atoms with Crippen molar-refractivity contribution in [3.8, 4) is 11.4 Å². The van der Waals surface area contributed by atoms with E-state index in [1.807, 2.05) is 6.07 Å². The Morgan fingerprint density at radius 2 is 2.04 bits per heavy atom. The van der Waals surface area contributed by atoms with Crippen molar-refractivity contribution in [1.82, 2.24) is 15.5 Å². The minimum atomic E-state index is -0.321. The van der Waals surface area contributed by atoms with E-state index >= 15 is 0 Å². The van der Waals surface area contributed by atoms with Gasteiger partial charge in [0.2, 0.25) is 17.6 Å². The smallest absolute Gasteiger partial charge is 0.246 e. The van der Waals surface area contributed by atoms with Gasteiger partial charge in [0.25, 0.3) is 0 Å². The van der Waals surface area contributed by atoms with Crippen LogP contribution < -0.4 is 5.32 Å². The number of thiophene rings is 1. The summed E-state index contributed by atoms with van der Waals surface area (Å²) in [6, 6.07) is 9.98. The molecule has 0 bridgehead atoms. The number of carbonyl (C=O) groups is 1. The van der Waals surface area contributed by atoms with Gasteiger partial charge in [-0.3, -0.25) is 4.79 Å². The van der Waals surface area contributed by atoms with Gasteiger partial charge in [0.05, 0.1) is 6.54 Å². The zero-order valence-electron chi connectivity index (χ0n) is 13.6. The Hall–Kier alpha value is -2.54. The van der Waals surface area contributed by atoms with E-state index in [1.54, 1.807) is 23.5 Å². The highest BCUT2D eigenvalue weighted by molar-refractivity contribution is 7.09. The van der Waals surface area contributed by atoms with Gasteiger partial charge in [-0.05, 0) is 55.0 Å². The van der Waals surface area contributed by atoms with Crippen molar-refractivity contribution in [3.63, 3.8) is 0 Å². The second kappa shape index (κ2) is 8.53. The highest BCUT2D eigenvalue weighted by atomic mass is 32.1. The van der Waals surface area contributed by atoms with Crippen molar-refractivity contribution >= 4 is 17.2 Å². The van der Waals surface area contributed by atoms with Gasteiger partial charge in [0, 0.05) is 16.9 Å². The molecule has 0 fully saturated rings. The number of aryl methyl sites for hydroxylation is 1. The molecule has 0 aliphatic rings.